The average molecular weight is 867 g/mol. The molecule has 0 aromatic heterocycles. The van der Waals surface area contributed by atoms with E-state index in [1.807, 2.05) is 0 Å². The molecule has 0 N–H and O–H groups in total. The molecule has 11 aromatic rings. The van der Waals surface area contributed by atoms with E-state index in [9.17, 15) is 0 Å². The minimum Gasteiger partial charge on any atom is -0.310 e. The number of hydrogen-bond donors (Lipinski definition) is 0. The van der Waals surface area contributed by atoms with E-state index in [4.69, 9.17) is 0 Å². The van der Waals surface area contributed by atoms with E-state index in [1.54, 1.807) is 0 Å². The molecule has 1 spiro atoms. The Kier molecular flexibility index (Phi) is 9.33. The number of anilines is 6. The van der Waals surface area contributed by atoms with E-state index in [0.29, 0.717) is 0 Å². The lowest BCUT2D eigenvalue weighted by Gasteiger charge is -2.50. The molecule has 13 rings (SSSR count). The first-order valence-electron chi connectivity index (χ1n) is 23.6. The van der Waals surface area contributed by atoms with Gasteiger partial charge in [0.25, 0.3) is 0 Å². The third-order valence-electron chi connectivity index (χ3n) is 14.6. The van der Waals surface area contributed by atoms with Crippen LogP contribution in [0.3, 0.4) is 0 Å². The fraction of sp³-hybridized carbons (Fsp3) is 0.0303. The van der Waals surface area contributed by atoms with Gasteiger partial charge in [-0.2, -0.15) is 0 Å². The maximum atomic E-state index is 2.46. The second-order valence-corrected chi connectivity index (χ2v) is 17.9. The van der Waals surface area contributed by atoms with Crippen LogP contribution in [0.4, 0.5) is 34.1 Å². The van der Waals surface area contributed by atoms with Crippen LogP contribution in [0, 0.1) is 0 Å². The maximum absolute atomic E-state index is 2.46. The molecular formula is C66H46N2. The van der Waals surface area contributed by atoms with Crippen LogP contribution in [-0.2, 0) is 10.8 Å². The highest BCUT2D eigenvalue weighted by atomic mass is 15.2. The Bertz CT molecular complexity index is 3530. The molecule has 0 amide bonds. The summed E-state index contributed by atoms with van der Waals surface area (Å²) in [7, 11) is 0. The summed E-state index contributed by atoms with van der Waals surface area (Å²) in [6.45, 7) is 0. The van der Waals surface area contributed by atoms with E-state index >= 15 is 0 Å². The minimum absolute atomic E-state index is 0.562. The van der Waals surface area contributed by atoms with Gasteiger partial charge in [0, 0.05) is 33.7 Å². The fourth-order valence-corrected chi connectivity index (χ4v) is 12.0. The standard InChI is InChI=1S/C66H46N2/c1-5-25-48(26-6-1)65(49-27-7-2-8-28-49)57-36-17-19-38-59(57)66(60-39-20-18-37-58(60)65)56-35-16-15-34-55(56)64-61(66)40-22-42-63(64)68(51-31-11-4-12-32-51)53-45-43-52(44-46-53)67(50-29-9-3-10-30-50)62-41-21-24-47-23-13-14-33-54(47)62/h1-46H. The van der Waals surface area contributed by atoms with Crippen LogP contribution < -0.4 is 9.80 Å². The van der Waals surface area contributed by atoms with Gasteiger partial charge >= 0.3 is 0 Å². The number of nitrogens with zero attached hydrogens (tertiary/aromatic N) is 2. The van der Waals surface area contributed by atoms with Crippen molar-refractivity contribution in [2.75, 3.05) is 9.80 Å². The first kappa shape index (κ1) is 39.6. The van der Waals surface area contributed by atoms with Gasteiger partial charge in [-0.15, -0.1) is 0 Å². The lowest BCUT2D eigenvalue weighted by atomic mass is 9.51. The molecule has 0 saturated heterocycles. The topological polar surface area (TPSA) is 6.48 Å². The highest BCUT2D eigenvalue weighted by Gasteiger charge is 2.57. The third kappa shape index (κ3) is 5.77. The number of hydrogen-bond acceptors (Lipinski definition) is 2. The summed E-state index contributed by atoms with van der Waals surface area (Å²) >= 11 is 0. The summed E-state index contributed by atoms with van der Waals surface area (Å²) < 4.78 is 0. The number of benzene rings is 11. The Balaban J connectivity index is 1.05. The van der Waals surface area contributed by atoms with Gasteiger partial charge in [0.1, 0.15) is 0 Å². The number of fused-ring (bicyclic) bond motifs is 10. The van der Waals surface area contributed by atoms with Gasteiger partial charge in [0.2, 0.25) is 0 Å². The van der Waals surface area contributed by atoms with E-state index in [1.165, 1.54) is 66.4 Å². The molecule has 2 heteroatoms. The van der Waals surface area contributed by atoms with Crippen LogP contribution in [0.1, 0.15) is 44.5 Å². The van der Waals surface area contributed by atoms with Gasteiger partial charge in [-0.3, -0.25) is 0 Å². The predicted molar refractivity (Wildman–Crippen MR) is 282 cm³/mol. The van der Waals surface area contributed by atoms with Crippen LogP contribution in [0.5, 0.6) is 0 Å². The minimum atomic E-state index is -0.608. The molecule has 2 aliphatic carbocycles. The molecule has 0 bridgehead atoms. The Morgan fingerprint density at radius 2 is 0.603 bits per heavy atom. The number of para-hydroxylation sites is 2. The van der Waals surface area contributed by atoms with E-state index in [-0.39, 0.29) is 0 Å². The summed E-state index contributed by atoms with van der Waals surface area (Å²) in [5.74, 6) is 0. The van der Waals surface area contributed by atoms with Gasteiger partial charge in [0.05, 0.1) is 22.2 Å². The van der Waals surface area contributed by atoms with Crippen LogP contribution in [-0.4, -0.2) is 0 Å². The summed E-state index contributed by atoms with van der Waals surface area (Å²) in [6.07, 6.45) is 0. The maximum Gasteiger partial charge on any atom is 0.0720 e. The van der Waals surface area contributed by atoms with Crippen LogP contribution in [0.25, 0.3) is 21.9 Å². The predicted octanol–water partition coefficient (Wildman–Crippen LogP) is 16.8. The van der Waals surface area contributed by atoms with Gasteiger partial charge in [-0.1, -0.05) is 218 Å². The first-order chi connectivity index (χ1) is 33.8. The normalized spacial score (nSPS) is 13.5. The lowest BCUT2D eigenvalue weighted by molar-refractivity contribution is 0.623. The van der Waals surface area contributed by atoms with Crippen molar-refractivity contribution < 1.29 is 0 Å². The molecule has 2 nitrogen and oxygen atoms in total. The van der Waals surface area contributed by atoms with Crippen molar-refractivity contribution in [1.82, 2.24) is 0 Å². The average Bonchev–Trinajstić information content (AvgIpc) is 3.72. The van der Waals surface area contributed by atoms with Crippen molar-refractivity contribution in [2.45, 2.75) is 10.8 Å². The van der Waals surface area contributed by atoms with Crippen LogP contribution >= 0.6 is 0 Å². The fourth-order valence-electron chi connectivity index (χ4n) is 12.0. The van der Waals surface area contributed by atoms with Crippen molar-refractivity contribution in [3.63, 3.8) is 0 Å². The quantitative estimate of drug-likeness (QED) is 0.150. The molecule has 0 heterocycles. The zero-order chi connectivity index (χ0) is 45.1. The molecule has 0 radical (unpaired) electrons. The SMILES string of the molecule is c1ccc(N(c2ccc(N(c3ccccc3)c3cccc4ccccc34)cc2)c2cccc3c2-c2ccccc2C32c3ccccc3C(c3ccccc3)(c3ccccc3)c3ccccc32)cc1. The molecule has 0 fully saturated rings. The second-order valence-electron chi connectivity index (χ2n) is 17.9. The molecular weight excluding hydrogens is 821 g/mol. The van der Waals surface area contributed by atoms with Crippen molar-refractivity contribution >= 4 is 44.9 Å². The zero-order valence-electron chi connectivity index (χ0n) is 37.5. The molecule has 0 aliphatic heterocycles. The Labute approximate surface area is 398 Å². The van der Waals surface area contributed by atoms with Crippen molar-refractivity contribution in [1.29, 1.82) is 0 Å². The van der Waals surface area contributed by atoms with Gasteiger partial charge in [-0.25, -0.2) is 0 Å². The van der Waals surface area contributed by atoms with E-state index in [2.05, 4.69) is 289 Å². The number of rotatable bonds is 8. The Hall–Kier alpha value is -8.72. The summed E-state index contributed by atoms with van der Waals surface area (Å²) in [5.41, 5.74) is 18.3. The van der Waals surface area contributed by atoms with Crippen molar-refractivity contribution in [2.24, 2.45) is 0 Å². The van der Waals surface area contributed by atoms with Crippen LogP contribution in [0.2, 0.25) is 0 Å². The molecule has 68 heavy (non-hydrogen) atoms. The summed E-state index contributed by atoms with van der Waals surface area (Å²) in [4.78, 5) is 4.84. The Morgan fingerprint density at radius 1 is 0.235 bits per heavy atom. The highest BCUT2D eigenvalue weighted by molar-refractivity contribution is 6.01. The molecule has 0 unspecified atom stereocenters. The monoisotopic (exact) mass is 866 g/mol. The third-order valence-corrected chi connectivity index (χ3v) is 14.6. The smallest absolute Gasteiger partial charge is 0.0720 e. The molecule has 2 aliphatic rings. The van der Waals surface area contributed by atoms with E-state index in [0.717, 1.165) is 34.1 Å². The van der Waals surface area contributed by atoms with Crippen LogP contribution in [0.15, 0.2) is 279 Å². The largest absolute Gasteiger partial charge is 0.310 e. The van der Waals surface area contributed by atoms with Gasteiger partial charge < -0.3 is 9.80 Å². The van der Waals surface area contributed by atoms with Crippen molar-refractivity contribution in [3.8, 4) is 11.1 Å². The molecule has 0 saturated carbocycles. The second kappa shape index (κ2) is 16.0. The lowest BCUT2D eigenvalue weighted by Crippen LogP contribution is -2.44. The van der Waals surface area contributed by atoms with Gasteiger partial charge in [0.15, 0.2) is 0 Å². The van der Waals surface area contributed by atoms with Crippen molar-refractivity contribution in [3.05, 3.63) is 324 Å². The molecule has 320 valence electrons. The Morgan fingerprint density at radius 3 is 1.16 bits per heavy atom. The first-order valence-corrected chi connectivity index (χ1v) is 23.6. The molecule has 0 atom stereocenters. The highest BCUT2D eigenvalue weighted by Crippen LogP contribution is 2.66. The summed E-state index contributed by atoms with van der Waals surface area (Å²) in [5, 5.41) is 2.42. The molecule has 11 aromatic carbocycles. The van der Waals surface area contributed by atoms with Gasteiger partial charge in [-0.05, 0) is 116 Å². The summed E-state index contributed by atoms with van der Waals surface area (Å²) in [6, 6.07) is 103. The zero-order valence-corrected chi connectivity index (χ0v) is 37.5. The van der Waals surface area contributed by atoms with E-state index < -0.39 is 10.8 Å².